The van der Waals surface area contributed by atoms with E-state index in [0.29, 0.717) is 59.4 Å². The molecule has 0 spiro atoms. The number of azide groups is 1. The Balaban J connectivity index is 0.00000576. The molecule has 0 aromatic heterocycles. The Morgan fingerprint density at radius 2 is 1.46 bits per heavy atom. The maximum absolute atomic E-state index is 8.90. The number of halogens is 1. The van der Waals surface area contributed by atoms with Gasteiger partial charge in [-0.15, -0.1) is 0 Å². The van der Waals surface area contributed by atoms with Crippen molar-refractivity contribution in [3.05, 3.63) is 94.0 Å². The van der Waals surface area contributed by atoms with Crippen molar-refractivity contribution in [1.82, 2.24) is 0 Å². The average molecular weight is 654 g/mol. The van der Waals surface area contributed by atoms with Crippen LogP contribution in [0.15, 0.2) is 77.6 Å². The Hall–Kier alpha value is -3.21. The van der Waals surface area contributed by atoms with E-state index >= 15 is 0 Å². The molecule has 0 aliphatic carbocycles. The molecule has 2 heterocycles. The molecule has 2 aliphatic rings. The number of nitrogens with zero attached hydrogens (tertiary/aromatic N) is 5. The van der Waals surface area contributed by atoms with Crippen molar-refractivity contribution in [2.45, 2.75) is 38.5 Å². The van der Waals surface area contributed by atoms with Gasteiger partial charge in [0.1, 0.15) is 6.61 Å². The van der Waals surface area contributed by atoms with Crippen molar-refractivity contribution in [2.24, 2.45) is 5.11 Å². The maximum Gasteiger partial charge on any atom is 0.209 e. The Labute approximate surface area is 279 Å². The van der Waals surface area contributed by atoms with Crippen LogP contribution < -0.4 is 17.3 Å². The van der Waals surface area contributed by atoms with E-state index in [0.717, 1.165) is 13.1 Å². The minimum Gasteiger partial charge on any atom is -1.00 e. The zero-order valence-electron chi connectivity index (χ0n) is 27.5. The molecular weight excluding hydrogens is 606 g/mol. The summed E-state index contributed by atoms with van der Waals surface area (Å²) in [5.41, 5.74) is 15.5. The van der Waals surface area contributed by atoms with Gasteiger partial charge in [-0.2, -0.15) is 4.58 Å². The smallest absolute Gasteiger partial charge is 0.209 e. The zero-order valence-corrected chi connectivity index (χ0v) is 28.3. The lowest BCUT2D eigenvalue weighted by atomic mass is 9.81. The Morgan fingerprint density at radius 1 is 0.826 bits per heavy atom. The fourth-order valence-corrected chi connectivity index (χ4v) is 6.16. The standard InChI is InChI=1S/C35H48N5O5.ClH/c1-34(2)28-10-5-7-12-30(28)39(17-21-43-25-24-42-20-16-37-38-36)32(34)14-9-15-33-35(3,4)29-11-6-8-13-31(29)40(33)18-22-44-26-27-45-23-19-41;/h5-15,41H,16-27H2,1-4H3;1H/q+1;/p-1. The van der Waals surface area contributed by atoms with Gasteiger partial charge >= 0.3 is 0 Å². The van der Waals surface area contributed by atoms with Gasteiger partial charge in [-0.3, -0.25) is 0 Å². The summed E-state index contributed by atoms with van der Waals surface area (Å²) >= 11 is 0. The summed E-state index contributed by atoms with van der Waals surface area (Å²) in [7, 11) is 0. The first-order valence-corrected chi connectivity index (χ1v) is 15.8. The summed E-state index contributed by atoms with van der Waals surface area (Å²) in [5.74, 6) is 0. The molecule has 10 nitrogen and oxygen atoms in total. The quantitative estimate of drug-likeness (QED) is 0.0821. The SMILES string of the molecule is CC1(C)C(=CC=CC2=[N+](CCOCCOCCN=[N+]=[N-])c3ccccc3C2(C)C)N(CCOCCOCCO)c2ccccc21.[Cl-]. The van der Waals surface area contributed by atoms with E-state index < -0.39 is 0 Å². The number of hydrogen-bond acceptors (Lipinski definition) is 7. The van der Waals surface area contributed by atoms with Crippen LogP contribution in [0.3, 0.4) is 0 Å². The second-order valence-electron chi connectivity index (χ2n) is 12.0. The predicted octanol–water partition coefficient (Wildman–Crippen LogP) is 2.67. The number of ether oxygens (including phenoxy) is 4. The summed E-state index contributed by atoms with van der Waals surface area (Å²) in [6.07, 6.45) is 6.69. The highest BCUT2D eigenvalue weighted by molar-refractivity contribution is 6.03. The molecule has 250 valence electrons. The molecule has 1 N–H and O–H groups in total. The molecule has 0 radical (unpaired) electrons. The van der Waals surface area contributed by atoms with Crippen LogP contribution in [0, 0.1) is 0 Å². The van der Waals surface area contributed by atoms with Crippen LogP contribution in [0.2, 0.25) is 0 Å². The van der Waals surface area contributed by atoms with E-state index in [-0.39, 0.29) is 29.8 Å². The van der Waals surface area contributed by atoms with Crippen LogP contribution in [0.4, 0.5) is 11.4 Å². The van der Waals surface area contributed by atoms with Crippen LogP contribution in [0.1, 0.15) is 38.8 Å². The third-order valence-electron chi connectivity index (χ3n) is 8.40. The fourth-order valence-electron chi connectivity index (χ4n) is 6.16. The van der Waals surface area contributed by atoms with Gasteiger partial charge < -0.3 is 41.4 Å². The summed E-state index contributed by atoms with van der Waals surface area (Å²) in [6.45, 7) is 14.7. The minimum absolute atomic E-state index is 0. The number of allylic oxidation sites excluding steroid dienone is 4. The molecule has 0 saturated carbocycles. The highest BCUT2D eigenvalue weighted by Crippen LogP contribution is 2.47. The number of rotatable bonds is 19. The molecule has 0 fully saturated rings. The van der Waals surface area contributed by atoms with Gasteiger partial charge in [0.15, 0.2) is 12.3 Å². The van der Waals surface area contributed by atoms with E-state index in [2.05, 4.69) is 114 Å². The second-order valence-corrected chi connectivity index (χ2v) is 12.0. The third kappa shape index (κ3) is 8.98. The fraction of sp³-hybridized carbons (Fsp3) is 0.514. The summed E-state index contributed by atoms with van der Waals surface area (Å²) in [4.78, 5) is 5.10. The maximum atomic E-state index is 8.90. The Kier molecular flexibility index (Phi) is 14.7. The van der Waals surface area contributed by atoms with Gasteiger partial charge in [0.05, 0.1) is 58.3 Å². The number of anilines is 1. The Morgan fingerprint density at radius 3 is 2.17 bits per heavy atom. The van der Waals surface area contributed by atoms with Gasteiger partial charge in [0.25, 0.3) is 0 Å². The molecule has 4 rings (SSSR count). The van der Waals surface area contributed by atoms with Crippen molar-refractivity contribution in [1.29, 1.82) is 0 Å². The second kappa shape index (κ2) is 18.2. The number of para-hydroxylation sites is 2. The predicted molar refractivity (Wildman–Crippen MR) is 178 cm³/mol. The number of aliphatic hydroxyl groups is 1. The van der Waals surface area contributed by atoms with Gasteiger partial charge in [-0.05, 0) is 37.1 Å². The molecule has 0 saturated heterocycles. The molecule has 2 aliphatic heterocycles. The van der Waals surface area contributed by atoms with Crippen LogP contribution in [0.5, 0.6) is 0 Å². The molecule has 0 unspecified atom stereocenters. The number of aliphatic hydroxyl groups excluding tert-OH is 1. The van der Waals surface area contributed by atoms with Crippen molar-refractivity contribution < 1.29 is 41.0 Å². The molecule has 0 amide bonds. The first kappa shape index (κ1) is 37.2. The van der Waals surface area contributed by atoms with Crippen molar-refractivity contribution in [2.75, 3.05) is 84.0 Å². The molecule has 2 aromatic carbocycles. The Bertz CT molecular complexity index is 1420. The molecule has 46 heavy (non-hydrogen) atoms. The number of benzene rings is 2. The summed E-state index contributed by atoms with van der Waals surface area (Å²) in [5, 5.41) is 12.4. The topological polar surface area (TPSA) is 112 Å². The van der Waals surface area contributed by atoms with E-state index in [9.17, 15) is 0 Å². The number of hydrogen-bond donors (Lipinski definition) is 1. The lowest BCUT2D eigenvalue weighted by Gasteiger charge is -2.27. The molecule has 0 bridgehead atoms. The van der Waals surface area contributed by atoms with E-state index in [1.165, 1.54) is 33.9 Å². The molecule has 11 heteroatoms. The van der Waals surface area contributed by atoms with E-state index in [4.69, 9.17) is 29.6 Å². The van der Waals surface area contributed by atoms with Crippen molar-refractivity contribution in [3.63, 3.8) is 0 Å². The van der Waals surface area contributed by atoms with Crippen molar-refractivity contribution in [3.8, 4) is 0 Å². The van der Waals surface area contributed by atoms with Gasteiger partial charge in [-0.1, -0.05) is 61.4 Å². The third-order valence-corrected chi connectivity index (χ3v) is 8.40. The monoisotopic (exact) mass is 653 g/mol. The molecular formula is C35H48ClN5O5. The summed E-state index contributed by atoms with van der Waals surface area (Å²) < 4.78 is 25.0. The van der Waals surface area contributed by atoms with Crippen LogP contribution in [-0.4, -0.2) is 94.5 Å². The lowest BCUT2D eigenvalue weighted by molar-refractivity contribution is -0.442. The number of fused-ring (bicyclic) bond motifs is 2. The zero-order chi connectivity index (χ0) is 32.1. The average Bonchev–Trinajstić information content (AvgIpc) is 3.38. The highest BCUT2D eigenvalue weighted by Gasteiger charge is 2.44. The van der Waals surface area contributed by atoms with Crippen LogP contribution in [0.25, 0.3) is 10.4 Å². The van der Waals surface area contributed by atoms with Gasteiger partial charge in [-0.25, -0.2) is 0 Å². The lowest BCUT2D eigenvalue weighted by Crippen LogP contribution is -3.00. The van der Waals surface area contributed by atoms with Gasteiger partial charge in [0, 0.05) is 52.5 Å². The van der Waals surface area contributed by atoms with Crippen LogP contribution in [-0.2, 0) is 29.8 Å². The van der Waals surface area contributed by atoms with E-state index in [1.807, 2.05) is 0 Å². The summed E-state index contributed by atoms with van der Waals surface area (Å²) in [6, 6.07) is 17.2. The highest BCUT2D eigenvalue weighted by atomic mass is 35.5. The first-order chi connectivity index (χ1) is 21.8. The van der Waals surface area contributed by atoms with E-state index in [1.54, 1.807) is 0 Å². The van der Waals surface area contributed by atoms with Crippen molar-refractivity contribution >= 4 is 17.1 Å². The molecule has 2 aromatic rings. The largest absolute Gasteiger partial charge is 1.00 e. The van der Waals surface area contributed by atoms with Crippen LogP contribution >= 0.6 is 0 Å². The molecule has 0 atom stereocenters. The normalized spacial score (nSPS) is 16.9. The first-order valence-electron chi connectivity index (χ1n) is 15.8. The minimum atomic E-state index is -0.171. The van der Waals surface area contributed by atoms with Gasteiger partial charge in [0.2, 0.25) is 5.69 Å².